The van der Waals surface area contributed by atoms with Crippen LogP contribution in [0, 0.1) is 0 Å². The van der Waals surface area contributed by atoms with Crippen molar-refractivity contribution in [2.75, 3.05) is 11.5 Å². The van der Waals surface area contributed by atoms with E-state index in [2.05, 4.69) is 31.3 Å². The molecule has 18 heavy (non-hydrogen) atoms. The number of sulfone groups is 1. The first-order valence-electron chi connectivity index (χ1n) is 6.40. The van der Waals surface area contributed by atoms with Crippen molar-refractivity contribution in [3.05, 3.63) is 21.9 Å². The van der Waals surface area contributed by atoms with Crippen molar-refractivity contribution in [3.8, 4) is 0 Å². The van der Waals surface area contributed by atoms with Gasteiger partial charge in [0.2, 0.25) is 0 Å². The molecule has 3 nitrogen and oxygen atoms in total. The van der Waals surface area contributed by atoms with Gasteiger partial charge in [-0.1, -0.05) is 6.92 Å². The van der Waals surface area contributed by atoms with Gasteiger partial charge in [-0.15, -0.1) is 11.3 Å². The van der Waals surface area contributed by atoms with Gasteiger partial charge in [0.1, 0.15) is 0 Å². The standard InChI is InChI=1S/C13H21NO2S2/c1-4-11-5-6-12(17-11)10(2)14-13(3)7-8-18(15,16)9-13/h5-6,10,14H,4,7-9H2,1-3H3. The maximum atomic E-state index is 11.6. The zero-order chi connectivity index (χ0) is 13.4. The number of hydrogen-bond donors (Lipinski definition) is 1. The van der Waals surface area contributed by atoms with Crippen molar-refractivity contribution < 1.29 is 8.42 Å². The SMILES string of the molecule is CCc1ccc(C(C)NC2(C)CCS(=O)(=O)C2)s1. The molecule has 1 saturated heterocycles. The molecule has 2 heterocycles. The van der Waals surface area contributed by atoms with E-state index in [0.29, 0.717) is 12.2 Å². The highest BCUT2D eigenvalue weighted by Crippen LogP contribution is 2.29. The van der Waals surface area contributed by atoms with E-state index in [-0.39, 0.29) is 17.3 Å². The average Bonchev–Trinajstić information content (AvgIpc) is 2.83. The second kappa shape index (κ2) is 4.94. The number of aryl methyl sites for hydroxylation is 1. The average molecular weight is 287 g/mol. The Bertz CT molecular complexity index is 521. The van der Waals surface area contributed by atoms with Crippen LogP contribution in [0.15, 0.2) is 12.1 Å². The molecule has 0 spiro atoms. The van der Waals surface area contributed by atoms with E-state index in [1.807, 2.05) is 18.3 Å². The van der Waals surface area contributed by atoms with Gasteiger partial charge in [-0.25, -0.2) is 8.42 Å². The summed E-state index contributed by atoms with van der Waals surface area (Å²) in [6.45, 7) is 6.28. The van der Waals surface area contributed by atoms with Crippen LogP contribution in [0.25, 0.3) is 0 Å². The summed E-state index contributed by atoms with van der Waals surface area (Å²) in [6, 6.07) is 4.52. The summed E-state index contributed by atoms with van der Waals surface area (Å²) >= 11 is 1.81. The van der Waals surface area contributed by atoms with Crippen LogP contribution in [0.3, 0.4) is 0 Å². The fourth-order valence-electron chi connectivity index (χ4n) is 2.54. The van der Waals surface area contributed by atoms with Gasteiger partial charge < -0.3 is 5.32 Å². The van der Waals surface area contributed by atoms with Gasteiger partial charge in [-0.2, -0.15) is 0 Å². The molecule has 1 N–H and O–H groups in total. The molecular weight excluding hydrogens is 266 g/mol. The second-order valence-corrected chi connectivity index (χ2v) is 8.81. The van der Waals surface area contributed by atoms with Crippen LogP contribution in [0.5, 0.6) is 0 Å². The summed E-state index contributed by atoms with van der Waals surface area (Å²) in [4.78, 5) is 2.67. The van der Waals surface area contributed by atoms with Gasteiger partial charge in [0.05, 0.1) is 11.5 Å². The van der Waals surface area contributed by atoms with Crippen LogP contribution in [0.4, 0.5) is 0 Å². The number of rotatable bonds is 4. The molecule has 1 aliphatic rings. The van der Waals surface area contributed by atoms with Gasteiger partial charge in [0, 0.05) is 21.3 Å². The summed E-state index contributed by atoms with van der Waals surface area (Å²) in [7, 11) is -2.84. The highest BCUT2D eigenvalue weighted by atomic mass is 32.2. The zero-order valence-electron chi connectivity index (χ0n) is 11.2. The summed E-state index contributed by atoms with van der Waals surface area (Å²) in [5.41, 5.74) is -0.269. The first-order chi connectivity index (χ1) is 8.34. The van der Waals surface area contributed by atoms with Crippen molar-refractivity contribution in [2.24, 2.45) is 0 Å². The summed E-state index contributed by atoms with van der Waals surface area (Å²) < 4.78 is 23.2. The predicted molar refractivity (Wildman–Crippen MR) is 76.9 cm³/mol. The van der Waals surface area contributed by atoms with Gasteiger partial charge >= 0.3 is 0 Å². The second-order valence-electron chi connectivity index (χ2n) is 5.43. The maximum Gasteiger partial charge on any atom is 0.152 e. The fraction of sp³-hybridized carbons (Fsp3) is 0.692. The summed E-state index contributed by atoms with van der Waals surface area (Å²) in [6.07, 6.45) is 1.77. The number of hydrogen-bond acceptors (Lipinski definition) is 4. The Morgan fingerprint density at radius 2 is 2.22 bits per heavy atom. The lowest BCUT2D eigenvalue weighted by Crippen LogP contribution is -2.44. The highest BCUT2D eigenvalue weighted by molar-refractivity contribution is 7.91. The van der Waals surface area contributed by atoms with Crippen LogP contribution in [0.1, 0.15) is 43.0 Å². The molecule has 0 radical (unpaired) electrons. The van der Waals surface area contributed by atoms with Crippen LogP contribution >= 0.6 is 11.3 Å². The minimum Gasteiger partial charge on any atom is -0.303 e. The molecule has 0 bridgehead atoms. The van der Waals surface area contributed by atoms with E-state index in [0.717, 1.165) is 6.42 Å². The molecular formula is C13H21NO2S2. The van der Waals surface area contributed by atoms with E-state index in [4.69, 9.17) is 0 Å². The molecule has 102 valence electrons. The third-order valence-electron chi connectivity index (χ3n) is 3.53. The van der Waals surface area contributed by atoms with Gasteiger partial charge in [-0.05, 0) is 38.8 Å². The van der Waals surface area contributed by atoms with Crippen LogP contribution in [-0.4, -0.2) is 25.5 Å². The first kappa shape index (κ1) is 14.0. The molecule has 0 saturated carbocycles. The fourth-order valence-corrected chi connectivity index (χ4v) is 5.59. The molecule has 5 heteroatoms. The molecule has 2 unspecified atom stereocenters. The minimum absolute atomic E-state index is 0.216. The Morgan fingerprint density at radius 1 is 1.50 bits per heavy atom. The molecule has 1 fully saturated rings. The van der Waals surface area contributed by atoms with E-state index in [9.17, 15) is 8.42 Å². The summed E-state index contributed by atoms with van der Waals surface area (Å²) in [5, 5.41) is 3.50. The monoisotopic (exact) mass is 287 g/mol. The van der Waals surface area contributed by atoms with Crippen molar-refractivity contribution in [1.82, 2.24) is 5.32 Å². The molecule has 1 aromatic heterocycles. The Hall–Kier alpha value is -0.390. The lowest BCUT2D eigenvalue weighted by molar-refractivity contribution is 0.358. The predicted octanol–water partition coefficient (Wildman–Crippen LogP) is 2.54. The van der Waals surface area contributed by atoms with Crippen molar-refractivity contribution in [1.29, 1.82) is 0 Å². The maximum absolute atomic E-state index is 11.6. The van der Waals surface area contributed by atoms with E-state index >= 15 is 0 Å². The quantitative estimate of drug-likeness (QED) is 0.925. The Labute approximate surface area is 114 Å². The third-order valence-corrected chi connectivity index (χ3v) is 6.84. The number of nitrogens with one attached hydrogen (secondary N) is 1. The minimum atomic E-state index is -2.84. The van der Waals surface area contributed by atoms with E-state index in [1.54, 1.807) is 0 Å². The van der Waals surface area contributed by atoms with E-state index in [1.165, 1.54) is 9.75 Å². The van der Waals surface area contributed by atoms with Crippen molar-refractivity contribution in [3.63, 3.8) is 0 Å². The van der Waals surface area contributed by atoms with Gasteiger partial charge in [0.15, 0.2) is 9.84 Å². The third kappa shape index (κ3) is 3.13. The Balaban J connectivity index is 2.05. The molecule has 1 aliphatic heterocycles. The molecule has 0 aromatic carbocycles. The largest absolute Gasteiger partial charge is 0.303 e. The topological polar surface area (TPSA) is 46.2 Å². The molecule has 1 aromatic rings. The molecule has 0 amide bonds. The first-order valence-corrected chi connectivity index (χ1v) is 9.04. The van der Waals surface area contributed by atoms with Gasteiger partial charge in [-0.3, -0.25) is 0 Å². The summed E-state index contributed by atoms with van der Waals surface area (Å²) in [5.74, 6) is 0.574. The van der Waals surface area contributed by atoms with Gasteiger partial charge in [0.25, 0.3) is 0 Å². The highest BCUT2D eigenvalue weighted by Gasteiger charge is 2.39. The normalized spacial score (nSPS) is 28.4. The Morgan fingerprint density at radius 3 is 2.72 bits per heavy atom. The molecule has 0 aliphatic carbocycles. The number of thiophene rings is 1. The smallest absolute Gasteiger partial charge is 0.152 e. The molecule has 2 rings (SSSR count). The van der Waals surface area contributed by atoms with Crippen LogP contribution < -0.4 is 5.32 Å². The lowest BCUT2D eigenvalue weighted by Gasteiger charge is -2.28. The van der Waals surface area contributed by atoms with Crippen molar-refractivity contribution >= 4 is 21.2 Å². The van der Waals surface area contributed by atoms with E-state index < -0.39 is 9.84 Å². The zero-order valence-corrected chi connectivity index (χ0v) is 12.8. The Kier molecular flexibility index (Phi) is 3.85. The van der Waals surface area contributed by atoms with Crippen LogP contribution in [-0.2, 0) is 16.3 Å². The van der Waals surface area contributed by atoms with Crippen molar-refractivity contribution in [2.45, 2.75) is 45.2 Å². The molecule has 2 atom stereocenters. The lowest BCUT2D eigenvalue weighted by atomic mass is 10.0. The van der Waals surface area contributed by atoms with Crippen LogP contribution in [0.2, 0.25) is 0 Å².